The third-order valence-electron chi connectivity index (χ3n) is 6.89. The standard InChI is InChI=1S/C20H36O2Si/c1-13(2)23(14(3)4,15(5)6)22-20-10-9-18(16(7)11-20)17(8)19(20)12-21/h11-15,17-19H,9-10H2,1-8H3/t17-,18-,19+,20-/m0/s1. The summed E-state index contributed by atoms with van der Waals surface area (Å²) >= 11 is 0. The van der Waals surface area contributed by atoms with Crippen molar-refractivity contribution in [1.82, 2.24) is 0 Å². The van der Waals surface area contributed by atoms with Crippen LogP contribution in [0.3, 0.4) is 0 Å². The van der Waals surface area contributed by atoms with Crippen molar-refractivity contribution < 1.29 is 9.22 Å². The highest BCUT2D eigenvalue weighted by Crippen LogP contribution is 2.55. The fourth-order valence-corrected chi connectivity index (χ4v) is 11.5. The Balaban J connectivity index is 2.52. The van der Waals surface area contributed by atoms with Crippen LogP contribution in [0.25, 0.3) is 0 Å². The molecule has 0 unspecified atom stereocenters. The van der Waals surface area contributed by atoms with Crippen LogP contribution >= 0.6 is 0 Å². The number of aldehydes is 1. The average Bonchev–Trinajstić information content (AvgIpc) is 2.44. The molecule has 0 spiro atoms. The molecule has 3 aliphatic rings. The lowest BCUT2D eigenvalue weighted by atomic mass is 9.58. The fourth-order valence-electron chi connectivity index (χ4n) is 5.88. The summed E-state index contributed by atoms with van der Waals surface area (Å²) in [6.45, 7) is 18.4. The van der Waals surface area contributed by atoms with Crippen LogP contribution in [-0.2, 0) is 9.22 Å². The number of allylic oxidation sites excluding steroid dienone is 1. The molecule has 3 heteroatoms. The van der Waals surface area contributed by atoms with Crippen molar-refractivity contribution in [2.24, 2.45) is 17.8 Å². The number of hydrogen-bond acceptors (Lipinski definition) is 2. The Hall–Kier alpha value is -0.413. The summed E-state index contributed by atoms with van der Waals surface area (Å²) < 4.78 is 7.21. The minimum absolute atomic E-state index is 0.0214. The highest BCUT2D eigenvalue weighted by atomic mass is 28.4. The molecule has 0 heterocycles. The van der Waals surface area contributed by atoms with Gasteiger partial charge in [0.05, 0.1) is 5.60 Å². The maximum Gasteiger partial charge on any atom is 0.201 e. The first-order valence-electron chi connectivity index (χ1n) is 9.47. The molecule has 2 nitrogen and oxygen atoms in total. The lowest BCUT2D eigenvalue weighted by Crippen LogP contribution is -2.61. The SMILES string of the molecule is CC1=C[C@@]2(O[Si](C(C)C)(C(C)C)C(C)C)CC[C@@H]1[C@H](C)[C@H]2C=O. The van der Waals surface area contributed by atoms with Gasteiger partial charge in [0, 0.05) is 5.92 Å². The zero-order valence-electron chi connectivity index (χ0n) is 16.3. The van der Waals surface area contributed by atoms with E-state index in [0.717, 1.165) is 6.42 Å². The highest BCUT2D eigenvalue weighted by Gasteiger charge is 2.57. The monoisotopic (exact) mass is 336 g/mol. The summed E-state index contributed by atoms with van der Waals surface area (Å²) in [4.78, 5) is 12.0. The highest BCUT2D eigenvalue weighted by molar-refractivity contribution is 6.77. The van der Waals surface area contributed by atoms with Crippen molar-refractivity contribution in [3.63, 3.8) is 0 Å². The second kappa shape index (κ2) is 6.48. The van der Waals surface area contributed by atoms with E-state index < -0.39 is 8.32 Å². The quantitative estimate of drug-likeness (QED) is 0.351. The molecule has 4 atom stereocenters. The van der Waals surface area contributed by atoms with Gasteiger partial charge in [-0.05, 0) is 48.2 Å². The lowest BCUT2D eigenvalue weighted by Gasteiger charge is -2.57. The summed E-state index contributed by atoms with van der Waals surface area (Å²) in [5.41, 5.74) is 2.75. The molecule has 0 amide bonds. The summed E-state index contributed by atoms with van der Waals surface area (Å²) in [7, 11) is -2.00. The van der Waals surface area contributed by atoms with E-state index in [0.29, 0.717) is 28.5 Å². The van der Waals surface area contributed by atoms with E-state index in [-0.39, 0.29) is 11.5 Å². The van der Waals surface area contributed by atoms with Crippen LogP contribution in [0.5, 0.6) is 0 Å². The van der Waals surface area contributed by atoms with Crippen LogP contribution in [0.2, 0.25) is 16.6 Å². The van der Waals surface area contributed by atoms with Crippen molar-refractivity contribution in [1.29, 1.82) is 0 Å². The van der Waals surface area contributed by atoms with Crippen molar-refractivity contribution in [3.05, 3.63) is 11.6 Å². The molecule has 0 saturated heterocycles. The molecule has 1 fully saturated rings. The molecule has 0 aromatic carbocycles. The molecule has 0 radical (unpaired) electrons. The maximum atomic E-state index is 12.0. The van der Waals surface area contributed by atoms with Crippen LogP contribution in [0, 0.1) is 17.8 Å². The zero-order chi connectivity index (χ0) is 17.6. The minimum Gasteiger partial charge on any atom is -0.406 e. The molecule has 3 rings (SSSR count). The van der Waals surface area contributed by atoms with Gasteiger partial charge in [0.1, 0.15) is 6.29 Å². The number of rotatable bonds is 6. The topological polar surface area (TPSA) is 26.3 Å². The molecule has 23 heavy (non-hydrogen) atoms. The van der Waals surface area contributed by atoms with Gasteiger partial charge in [-0.25, -0.2) is 0 Å². The molecule has 3 aliphatic carbocycles. The van der Waals surface area contributed by atoms with Crippen LogP contribution in [0.15, 0.2) is 11.6 Å². The average molecular weight is 337 g/mol. The first-order valence-corrected chi connectivity index (χ1v) is 11.6. The van der Waals surface area contributed by atoms with Gasteiger partial charge in [0.2, 0.25) is 8.32 Å². The van der Waals surface area contributed by atoms with E-state index in [4.69, 9.17) is 4.43 Å². The molecule has 1 saturated carbocycles. The molecule has 2 bridgehead atoms. The molecule has 0 N–H and O–H groups in total. The first kappa shape index (κ1) is 18.9. The molecule has 132 valence electrons. The number of carbonyl (C=O) groups is 1. The Labute approximate surface area is 144 Å². The molecular formula is C20H36O2Si. The Bertz CT molecular complexity index is 458. The van der Waals surface area contributed by atoms with Crippen molar-refractivity contribution in [2.45, 2.75) is 90.5 Å². The number of fused-ring (bicyclic) bond motifs is 2. The lowest BCUT2D eigenvalue weighted by molar-refractivity contribution is -0.126. The van der Waals surface area contributed by atoms with Gasteiger partial charge >= 0.3 is 0 Å². The van der Waals surface area contributed by atoms with E-state index >= 15 is 0 Å². The second-order valence-electron chi connectivity index (χ2n) is 8.93. The first-order chi connectivity index (χ1) is 10.6. The summed E-state index contributed by atoms with van der Waals surface area (Å²) in [6, 6.07) is 0. The van der Waals surface area contributed by atoms with Gasteiger partial charge in [-0.3, -0.25) is 0 Å². The van der Waals surface area contributed by atoms with Gasteiger partial charge in [-0.2, -0.15) is 0 Å². The van der Waals surface area contributed by atoms with Crippen molar-refractivity contribution in [3.8, 4) is 0 Å². The predicted octanol–water partition coefficient (Wildman–Crippen LogP) is 5.74. The van der Waals surface area contributed by atoms with E-state index in [2.05, 4.69) is 61.5 Å². The Morgan fingerprint density at radius 1 is 1.17 bits per heavy atom. The van der Waals surface area contributed by atoms with Gasteiger partial charge in [-0.15, -0.1) is 0 Å². The number of carbonyl (C=O) groups excluding carboxylic acids is 1. The normalized spacial score (nSPS) is 34.4. The van der Waals surface area contributed by atoms with Gasteiger partial charge in [0.15, 0.2) is 0 Å². The van der Waals surface area contributed by atoms with Gasteiger partial charge in [-0.1, -0.05) is 60.1 Å². The Morgan fingerprint density at radius 2 is 1.70 bits per heavy atom. The van der Waals surface area contributed by atoms with Crippen molar-refractivity contribution in [2.75, 3.05) is 0 Å². The summed E-state index contributed by atoms with van der Waals surface area (Å²) in [5.74, 6) is 1.00. The minimum atomic E-state index is -2.00. The van der Waals surface area contributed by atoms with E-state index in [1.807, 2.05) is 0 Å². The maximum absolute atomic E-state index is 12.0. The second-order valence-corrected chi connectivity index (χ2v) is 14.3. The molecule has 0 aromatic heterocycles. The van der Waals surface area contributed by atoms with E-state index in [1.54, 1.807) is 0 Å². The van der Waals surface area contributed by atoms with Crippen LogP contribution in [0.1, 0.15) is 68.2 Å². The van der Waals surface area contributed by atoms with E-state index in [9.17, 15) is 4.79 Å². The fraction of sp³-hybridized carbons (Fsp3) is 0.850. The van der Waals surface area contributed by atoms with Crippen molar-refractivity contribution >= 4 is 14.6 Å². The van der Waals surface area contributed by atoms with Gasteiger partial charge < -0.3 is 9.22 Å². The Kier molecular flexibility index (Phi) is 5.33. The predicted molar refractivity (Wildman–Crippen MR) is 100 cm³/mol. The van der Waals surface area contributed by atoms with Crippen LogP contribution in [0.4, 0.5) is 0 Å². The zero-order valence-corrected chi connectivity index (χ0v) is 17.3. The largest absolute Gasteiger partial charge is 0.406 e. The van der Waals surface area contributed by atoms with Crippen LogP contribution in [-0.4, -0.2) is 20.2 Å². The van der Waals surface area contributed by atoms with E-state index in [1.165, 1.54) is 18.3 Å². The number of hydrogen-bond donors (Lipinski definition) is 0. The van der Waals surface area contributed by atoms with Crippen LogP contribution < -0.4 is 0 Å². The smallest absolute Gasteiger partial charge is 0.201 e. The third-order valence-corrected chi connectivity index (χ3v) is 13.0. The molecule has 0 aliphatic heterocycles. The summed E-state index contributed by atoms with van der Waals surface area (Å²) in [6.07, 6.45) is 5.73. The third kappa shape index (κ3) is 2.78. The van der Waals surface area contributed by atoms with Gasteiger partial charge in [0.25, 0.3) is 0 Å². The molecule has 0 aromatic rings. The Morgan fingerprint density at radius 3 is 2.09 bits per heavy atom. The molecular weight excluding hydrogens is 300 g/mol. The summed E-state index contributed by atoms with van der Waals surface area (Å²) in [5, 5.41) is 0.